The first kappa shape index (κ1) is 33.8. The number of nitro groups is 2. The second-order valence-corrected chi connectivity index (χ2v) is 14.4. The highest BCUT2D eigenvalue weighted by molar-refractivity contribution is 9.10. The van der Waals surface area contributed by atoms with E-state index in [4.69, 9.17) is 9.47 Å². The first-order valence-corrected chi connectivity index (χ1v) is 15.8. The number of ketones is 2. The zero-order valence-electron chi connectivity index (χ0n) is 26.5. The molecular weight excluding hydrogens is 678 g/mol. The number of nitrogens with zero attached hydrogens (tertiary/aromatic N) is 3. The predicted octanol–water partition coefficient (Wildman–Crippen LogP) is 7.23. The van der Waals surface area contributed by atoms with Gasteiger partial charge in [0.25, 0.3) is 5.69 Å². The molecule has 13 nitrogen and oxygen atoms in total. The Morgan fingerprint density at radius 2 is 1.51 bits per heavy atom. The SMILES string of the molecule is CCOc1cc(C2C3=C(CC(C)(C)CC3=O)N(CC(=O)O)C3=C2C(=O)CC(C)(C)C3)cc(Br)c1Oc1ccc([N+](=O)[O-])cc1[N+](=O)[O-]. The first-order chi connectivity index (χ1) is 21.9. The molecule has 1 heterocycles. The van der Waals surface area contributed by atoms with Crippen LogP contribution in [0.2, 0.25) is 0 Å². The maximum absolute atomic E-state index is 14.0. The molecule has 0 saturated heterocycles. The van der Waals surface area contributed by atoms with Crippen molar-refractivity contribution in [1.82, 2.24) is 4.90 Å². The van der Waals surface area contributed by atoms with E-state index in [1.165, 1.54) is 0 Å². The lowest BCUT2D eigenvalue weighted by molar-refractivity contribution is -0.394. The summed E-state index contributed by atoms with van der Waals surface area (Å²) in [6, 6.07) is 6.29. The molecule has 3 aliphatic rings. The standard InChI is InChI=1S/C33H34BrN3O10/c1-6-46-26-10-17(9-19(34)31(26)47-25-8-7-18(36(42)43)11-20(25)37(44)45)28-29-21(12-32(2,3)14-23(29)38)35(16-27(40)41)22-13-33(4,5)15-24(39)30(22)28/h7-11,28H,6,12-16H2,1-5H3,(H,40,41). The number of carboxylic acids is 1. The summed E-state index contributed by atoms with van der Waals surface area (Å²) in [6.45, 7) is 9.31. The third-order valence-corrected chi connectivity index (χ3v) is 9.13. The number of halogens is 1. The Morgan fingerprint density at radius 3 is 2.00 bits per heavy atom. The van der Waals surface area contributed by atoms with Crippen molar-refractivity contribution in [3.8, 4) is 17.2 Å². The van der Waals surface area contributed by atoms with Crippen LogP contribution in [0.1, 0.15) is 71.8 Å². The Balaban J connectivity index is 1.72. The second-order valence-electron chi connectivity index (χ2n) is 13.5. The molecule has 2 aliphatic carbocycles. The van der Waals surface area contributed by atoms with Crippen LogP contribution in [-0.4, -0.2) is 50.5 Å². The topological polar surface area (TPSA) is 179 Å². The van der Waals surface area contributed by atoms with Crippen molar-refractivity contribution in [2.24, 2.45) is 10.8 Å². The van der Waals surface area contributed by atoms with Gasteiger partial charge in [-0.3, -0.25) is 34.6 Å². The van der Waals surface area contributed by atoms with Gasteiger partial charge in [0, 0.05) is 47.4 Å². The molecule has 1 N–H and O–H groups in total. The highest BCUT2D eigenvalue weighted by atomic mass is 79.9. The molecule has 0 amide bonds. The van der Waals surface area contributed by atoms with Gasteiger partial charge in [-0.05, 0) is 70.3 Å². The fraction of sp³-hybridized carbons (Fsp3) is 0.424. The van der Waals surface area contributed by atoms with Gasteiger partial charge in [0.05, 0.1) is 27.0 Å². The van der Waals surface area contributed by atoms with Crippen molar-refractivity contribution in [2.75, 3.05) is 13.2 Å². The van der Waals surface area contributed by atoms with Crippen LogP contribution in [0.25, 0.3) is 0 Å². The number of Topliss-reactive ketones (excluding diaryl/α,β-unsaturated/α-hetero) is 2. The van der Waals surface area contributed by atoms with Crippen LogP contribution in [0.4, 0.5) is 11.4 Å². The van der Waals surface area contributed by atoms with E-state index in [2.05, 4.69) is 15.9 Å². The molecular formula is C33H34BrN3O10. The number of ether oxygens (including phenoxy) is 2. The lowest BCUT2D eigenvalue weighted by Crippen LogP contribution is -2.45. The Morgan fingerprint density at radius 1 is 0.936 bits per heavy atom. The molecule has 0 aromatic heterocycles. The van der Waals surface area contributed by atoms with E-state index in [-0.39, 0.29) is 52.7 Å². The molecule has 5 rings (SSSR count). The summed E-state index contributed by atoms with van der Waals surface area (Å²) in [7, 11) is 0. The summed E-state index contributed by atoms with van der Waals surface area (Å²) in [5, 5.41) is 33.0. The summed E-state index contributed by atoms with van der Waals surface area (Å²) in [6.07, 6.45) is 1.26. The van der Waals surface area contributed by atoms with Gasteiger partial charge in [0.15, 0.2) is 23.1 Å². The van der Waals surface area contributed by atoms with E-state index >= 15 is 0 Å². The van der Waals surface area contributed by atoms with E-state index < -0.39 is 50.5 Å². The molecule has 0 fully saturated rings. The fourth-order valence-corrected chi connectivity index (χ4v) is 7.32. The van der Waals surface area contributed by atoms with Gasteiger partial charge < -0.3 is 19.5 Å². The second kappa shape index (κ2) is 12.2. The van der Waals surface area contributed by atoms with Crippen LogP contribution in [0.3, 0.4) is 0 Å². The number of hydrogen-bond donors (Lipinski definition) is 1. The lowest BCUT2D eigenvalue weighted by atomic mass is 9.63. The predicted molar refractivity (Wildman–Crippen MR) is 172 cm³/mol. The van der Waals surface area contributed by atoms with E-state index in [1.54, 1.807) is 24.0 Å². The smallest absolute Gasteiger partial charge is 0.323 e. The summed E-state index contributed by atoms with van der Waals surface area (Å²) >= 11 is 3.51. The molecule has 0 radical (unpaired) electrons. The molecule has 0 atom stereocenters. The molecule has 2 aromatic carbocycles. The van der Waals surface area contributed by atoms with E-state index in [9.17, 15) is 39.7 Å². The van der Waals surface area contributed by atoms with Gasteiger partial charge >= 0.3 is 11.7 Å². The van der Waals surface area contributed by atoms with E-state index in [0.717, 1.165) is 18.2 Å². The molecule has 0 saturated carbocycles. The monoisotopic (exact) mass is 711 g/mol. The number of rotatable bonds is 9. The van der Waals surface area contributed by atoms with Gasteiger partial charge in [-0.15, -0.1) is 0 Å². The van der Waals surface area contributed by atoms with Crippen LogP contribution >= 0.6 is 15.9 Å². The Kier molecular flexibility index (Phi) is 8.77. The van der Waals surface area contributed by atoms with Crippen molar-refractivity contribution in [2.45, 2.75) is 66.2 Å². The largest absolute Gasteiger partial charge is 0.490 e. The van der Waals surface area contributed by atoms with Crippen molar-refractivity contribution >= 4 is 44.8 Å². The number of carboxylic acid groups (broad SMARTS) is 1. The van der Waals surface area contributed by atoms with Crippen LogP contribution in [0.15, 0.2) is 57.3 Å². The number of nitro benzene ring substituents is 2. The fourth-order valence-electron chi connectivity index (χ4n) is 6.78. The first-order valence-electron chi connectivity index (χ1n) is 15.0. The average Bonchev–Trinajstić information content (AvgIpc) is 2.94. The summed E-state index contributed by atoms with van der Waals surface area (Å²) < 4.78 is 12.2. The maximum Gasteiger partial charge on any atom is 0.323 e. The maximum atomic E-state index is 14.0. The molecule has 0 unspecified atom stereocenters. The molecule has 14 heteroatoms. The molecule has 2 aromatic rings. The molecule has 0 bridgehead atoms. The van der Waals surface area contributed by atoms with E-state index in [0.29, 0.717) is 40.9 Å². The van der Waals surface area contributed by atoms with Crippen LogP contribution in [0.5, 0.6) is 17.2 Å². The number of carbonyl (C=O) groups is 3. The minimum absolute atomic E-state index is 0.0477. The van der Waals surface area contributed by atoms with Crippen molar-refractivity contribution < 1.29 is 38.8 Å². The Hall–Kier alpha value is -4.59. The summed E-state index contributed by atoms with van der Waals surface area (Å²) in [4.78, 5) is 63.3. The normalized spacial score (nSPS) is 18.9. The minimum Gasteiger partial charge on any atom is -0.490 e. The van der Waals surface area contributed by atoms with Gasteiger partial charge in [0.2, 0.25) is 5.75 Å². The summed E-state index contributed by atoms with van der Waals surface area (Å²) in [5.41, 5.74) is 0.415. The number of hydrogen-bond acceptors (Lipinski definition) is 10. The molecule has 1 aliphatic heterocycles. The molecule has 0 spiro atoms. The van der Waals surface area contributed by atoms with Crippen molar-refractivity contribution in [1.29, 1.82) is 0 Å². The third kappa shape index (κ3) is 6.51. The Bertz CT molecular complexity index is 1760. The minimum atomic E-state index is -1.09. The number of benzene rings is 2. The number of non-ortho nitro benzene ring substituents is 1. The zero-order chi connectivity index (χ0) is 34.6. The quantitative estimate of drug-likeness (QED) is 0.205. The highest BCUT2D eigenvalue weighted by Crippen LogP contribution is 2.56. The van der Waals surface area contributed by atoms with Gasteiger partial charge in [-0.1, -0.05) is 27.7 Å². The van der Waals surface area contributed by atoms with Crippen LogP contribution in [-0.2, 0) is 14.4 Å². The van der Waals surface area contributed by atoms with Crippen molar-refractivity contribution in [3.05, 3.63) is 83.1 Å². The molecule has 248 valence electrons. The number of aliphatic carboxylic acids is 1. The lowest BCUT2D eigenvalue weighted by Gasteiger charge is -2.48. The van der Waals surface area contributed by atoms with Gasteiger partial charge in [-0.25, -0.2) is 0 Å². The number of allylic oxidation sites excluding steroid dienone is 4. The number of carbonyl (C=O) groups excluding carboxylic acids is 2. The zero-order valence-corrected chi connectivity index (χ0v) is 28.1. The average molecular weight is 713 g/mol. The van der Waals surface area contributed by atoms with Gasteiger partial charge in [0.1, 0.15) is 6.54 Å². The van der Waals surface area contributed by atoms with Crippen molar-refractivity contribution in [3.63, 3.8) is 0 Å². The van der Waals surface area contributed by atoms with Gasteiger partial charge in [-0.2, -0.15) is 0 Å². The van der Waals surface area contributed by atoms with Crippen LogP contribution < -0.4 is 9.47 Å². The van der Waals surface area contributed by atoms with E-state index in [1.807, 2.05) is 27.7 Å². The highest BCUT2D eigenvalue weighted by Gasteiger charge is 2.49. The Labute approximate surface area is 278 Å². The third-order valence-electron chi connectivity index (χ3n) is 8.54. The summed E-state index contributed by atoms with van der Waals surface area (Å²) in [5.74, 6) is -2.34. The molecule has 47 heavy (non-hydrogen) atoms. The van der Waals surface area contributed by atoms with Crippen LogP contribution in [0, 0.1) is 31.1 Å².